The number of anilines is 3. The largest absolute Gasteiger partial charge is 0.366 e. The van der Waals surface area contributed by atoms with Gasteiger partial charge in [-0.1, -0.05) is 6.92 Å². The van der Waals surface area contributed by atoms with Gasteiger partial charge in [0.05, 0.1) is 0 Å². The Bertz CT molecular complexity index is 809. The molecule has 1 aromatic carbocycles. The summed E-state index contributed by atoms with van der Waals surface area (Å²) in [5.41, 5.74) is 1.52. The second-order valence-electron chi connectivity index (χ2n) is 7.10. The van der Waals surface area contributed by atoms with E-state index in [1.54, 1.807) is 24.1 Å². The van der Waals surface area contributed by atoms with Gasteiger partial charge in [0, 0.05) is 37.1 Å². The van der Waals surface area contributed by atoms with Crippen molar-refractivity contribution in [3.05, 3.63) is 41.8 Å². The molecule has 0 aliphatic carbocycles. The minimum absolute atomic E-state index is 0.109. The number of guanidine groups is 1. The third-order valence-electron chi connectivity index (χ3n) is 4.94. The Kier molecular flexibility index (Phi) is 6.41. The molecule has 1 unspecified atom stereocenters. The highest BCUT2D eigenvalue weighted by atomic mass is 19.1. The van der Waals surface area contributed by atoms with Crippen LogP contribution in [0.1, 0.15) is 25.5 Å². The number of nitrogens with one attached hydrogen (secondary N) is 3. The van der Waals surface area contributed by atoms with Crippen molar-refractivity contribution >= 4 is 23.4 Å². The fraction of sp³-hybridized carbons (Fsp3) is 0.450. The SMILES string of the molecule is CCN1CCCC(Nc2cc(C)nc(NC(=N)N(C)c3ccc(F)cc3)n2)C1. The molecule has 2 heterocycles. The van der Waals surface area contributed by atoms with Crippen LogP contribution >= 0.6 is 0 Å². The number of aryl methyl sites for hydroxylation is 1. The standard InChI is InChI=1S/C20H28FN7/c1-4-28-11-5-6-16(13-28)24-18-12-14(2)23-20(25-18)26-19(22)27(3)17-9-7-15(21)8-10-17/h7-10,12,16H,4-6,11,13H2,1-3H3,(H3,22,23,24,25,26). The highest BCUT2D eigenvalue weighted by Crippen LogP contribution is 2.18. The van der Waals surface area contributed by atoms with E-state index in [4.69, 9.17) is 5.41 Å². The molecule has 2 aromatic rings. The van der Waals surface area contributed by atoms with E-state index in [0.717, 1.165) is 37.6 Å². The van der Waals surface area contributed by atoms with Crippen LogP contribution in [-0.2, 0) is 0 Å². The number of rotatable bonds is 5. The number of halogens is 1. The van der Waals surface area contributed by atoms with Crippen molar-refractivity contribution < 1.29 is 4.39 Å². The van der Waals surface area contributed by atoms with Crippen LogP contribution in [-0.4, -0.2) is 53.6 Å². The number of hydrogen-bond acceptors (Lipinski definition) is 5. The van der Waals surface area contributed by atoms with Gasteiger partial charge in [0.25, 0.3) is 0 Å². The van der Waals surface area contributed by atoms with Crippen LogP contribution in [0.25, 0.3) is 0 Å². The molecule has 150 valence electrons. The van der Waals surface area contributed by atoms with E-state index in [-0.39, 0.29) is 11.8 Å². The lowest BCUT2D eigenvalue weighted by atomic mass is 10.1. The molecule has 3 N–H and O–H groups in total. The Morgan fingerprint density at radius 2 is 2.07 bits per heavy atom. The Morgan fingerprint density at radius 3 is 2.79 bits per heavy atom. The van der Waals surface area contributed by atoms with E-state index < -0.39 is 0 Å². The molecule has 0 amide bonds. The maximum absolute atomic E-state index is 13.1. The Hall–Kier alpha value is -2.74. The van der Waals surface area contributed by atoms with Crippen LogP contribution in [0, 0.1) is 18.2 Å². The van der Waals surface area contributed by atoms with Gasteiger partial charge in [0.1, 0.15) is 11.6 Å². The van der Waals surface area contributed by atoms with Gasteiger partial charge in [-0.05, 0) is 57.1 Å². The lowest BCUT2D eigenvalue weighted by Crippen LogP contribution is -2.42. The van der Waals surface area contributed by atoms with E-state index in [1.165, 1.54) is 18.6 Å². The van der Waals surface area contributed by atoms with Crippen molar-refractivity contribution in [3.63, 3.8) is 0 Å². The molecule has 0 saturated carbocycles. The van der Waals surface area contributed by atoms with Gasteiger partial charge >= 0.3 is 0 Å². The van der Waals surface area contributed by atoms with E-state index in [2.05, 4.69) is 32.4 Å². The average Bonchev–Trinajstić information content (AvgIpc) is 2.67. The first kappa shape index (κ1) is 20.0. The predicted molar refractivity (Wildman–Crippen MR) is 112 cm³/mol. The van der Waals surface area contributed by atoms with Crippen molar-refractivity contribution in [1.82, 2.24) is 14.9 Å². The smallest absolute Gasteiger partial charge is 0.231 e. The zero-order valence-electron chi connectivity index (χ0n) is 16.7. The first-order valence-corrected chi connectivity index (χ1v) is 9.64. The van der Waals surface area contributed by atoms with Gasteiger partial charge in [-0.3, -0.25) is 10.7 Å². The number of hydrogen-bond donors (Lipinski definition) is 3. The van der Waals surface area contributed by atoms with Gasteiger partial charge in [-0.15, -0.1) is 0 Å². The zero-order valence-corrected chi connectivity index (χ0v) is 16.7. The number of aromatic nitrogens is 2. The Labute approximate surface area is 165 Å². The lowest BCUT2D eigenvalue weighted by Gasteiger charge is -2.32. The van der Waals surface area contributed by atoms with Gasteiger partial charge in [0.2, 0.25) is 11.9 Å². The Morgan fingerprint density at radius 1 is 1.32 bits per heavy atom. The number of likely N-dealkylation sites (N-methyl/N-ethyl adjacent to an activating group) is 1. The quantitative estimate of drug-likeness (QED) is 0.541. The highest BCUT2D eigenvalue weighted by molar-refractivity contribution is 6.02. The molecular weight excluding hydrogens is 357 g/mol. The second kappa shape index (κ2) is 8.97. The molecular formula is C20H28FN7. The summed E-state index contributed by atoms with van der Waals surface area (Å²) >= 11 is 0. The average molecular weight is 385 g/mol. The molecule has 1 saturated heterocycles. The predicted octanol–water partition coefficient (Wildman–Crippen LogP) is 3.30. The maximum atomic E-state index is 13.1. The van der Waals surface area contributed by atoms with Crippen molar-refractivity contribution in [3.8, 4) is 0 Å². The minimum atomic E-state index is -0.307. The van der Waals surface area contributed by atoms with Crippen LogP contribution in [0.3, 0.4) is 0 Å². The summed E-state index contributed by atoms with van der Waals surface area (Å²) in [4.78, 5) is 13.0. The third-order valence-corrected chi connectivity index (χ3v) is 4.94. The summed E-state index contributed by atoms with van der Waals surface area (Å²) in [6.45, 7) is 7.30. The maximum Gasteiger partial charge on any atom is 0.231 e. The summed E-state index contributed by atoms with van der Waals surface area (Å²) in [5.74, 6) is 0.927. The molecule has 1 aromatic heterocycles. The molecule has 3 rings (SSSR count). The fourth-order valence-electron chi connectivity index (χ4n) is 3.35. The Balaban J connectivity index is 1.67. The van der Waals surface area contributed by atoms with Crippen LogP contribution in [0.15, 0.2) is 30.3 Å². The minimum Gasteiger partial charge on any atom is -0.366 e. The molecule has 1 atom stereocenters. The van der Waals surface area contributed by atoms with Crippen LogP contribution in [0.4, 0.5) is 21.8 Å². The molecule has 1 fully saturated rings. The number of likely N-dealkylation sites (tertiary alicyclic amines) is 1. The molecule has 1 aliphatic heterocycles. The number of benzene rings is 1. The highest BCUT2D eigenvalue weighted by Gasteiger charge is 2.19. The summed E-state index contributed by atoms with van der Waals surface area (Å²) in [6, 6.07) is 8.26. The van der Waals surface area contributed by atoms with Crippen molar-refractivity contribution in [1.29, 1.82) is 5.41 Å². The summed E-state index contributed by atoms with van der Waals surface area (Å²) < 4.78 is 13.1. The van der Waals surface area contributed by atoms with Crippen LogP contribution < -0.4 is 15.5 Å². The van der Waals surface area contributed by atoms with Crippen molar-refractivity contribution in [2.24, 2.45) is 0 Å². The van der Waals surface area contributed by atoms with Crippen molar-refractivity contribution in [2.45, 2.75) is 32.7 Å². The summed E-state index contributed by atoms with van der Waals surface area (Å²) in [5, 5.41) is 14.7. The summed E-state index contributed by atoms with van der Waals surface area (Å²) in [7, 11) is 1.74. The second-order valence-corrected chi connectivity index (χ2v) is 7.10. The van der Waals surface area contributed by atoms with Crippen molar-refractivity contribution in [2.75, 3.05) is 42.2 Å². The third kappa shape index (κ3) is 5.16. The first-order valence-electron chi connectivity index (χ1n) is 9.64. The zero-order chi connectivity index (χ0) is 20.1. The molecule has 8 heteroatoms. The van der Waals surface area contributed by atoms with E-state index in [1.807, 2.05) is 13.0 Å². The number of piperidine rings is 1. The van der Waals surface area contributed by atoms with E-state index >= 15 is 0 Å². The van der Waals surface area contributed by atoms with E-state index in [9.17, 15) is 4.39 Å². The van der Waals surface area contributed by atoms with Crippen LogP contribution in [0.2, 0.25) is 0 Å². The van der Waals surface area contributed by atoms with Crippen LogP contribution in [0.5, 0.6) is 0 Å². The fourth-order valence-corrected chi connectivity index (χ4v) is 3.35. The molecule has 28 heavy (non-hydrogen) atoms. The normalized spacial score (nSPS) is 17.2. The molecule has 0 bridgehead atoms. The number of nitrogens with zero attached hydrogens (tertiary/aromatic N) is 4. The van der Waals surface area contributed by atoms with E-state index in [0.29, 0.717) is 17.7 Å². The summed E-state index contributed by atoms with van der Waals surface area (Å²) in [6.07, 6.45) is 2.29. The van der Waals surface area contributed by atoms with Gasteiger partial charge in [-0.25, -0.2) is 9.37 Å². The van der Waals surface area contributed by atoms with Gasteiger partial charge in [-0.2, -0.15) is 4.98 Å². The van der Waals surface area contributed by atoms with Gasteiger partial charge < -0.3 is 15.1 Å². The molecule has 7 nitrogen and oxygen atoms in total. The molecule has 1 aliphatic rings. The lowest BCUT2D eigenvalue weighted by molar-refractivity contribution is 0.226. The monoisotopic (exact) mass is 385 g/mol. The van der Waals surface area contributed by atoms with Gasteiger partial charge in [0.15, 0.2) is 0 Å². The molecule has 0 spiro atoms. The molecule has 0 radical (unpaired) electrons. The topological polar surface area (TPSA) is 80.2 Å². The first-order chi connectivity index (χ1) is 13.4.